The minimum absolute atomic E-state index is 0.0384. The highest BCUT2D eigenvalue weighted by Gasteiger charge is 2.15. The Kier molecular flexibility index (Phi) is 8.09. The molecule has 1 aromatic rings. The number of hydrogen-bond donors (Lipinski definition) is 3. The van der Waals surface area contributed by atoms with Crippen molar-refractivity contribution in [1.82, 2.24) is 10.6 Å². The lowest BCUT2D eigenvalue weighted by atomic mass is 10.1. The van der Waals surface area contributed by atoms with Gasteiger partial charge in [0.15, 0.2) is 0 Å². The number of rotatable bonds is 7. The number of carbonyl (C=O) groups is 3. The van der Waals surface area contributed by atoms with Gasteiger partial charge < -0.3 is 20.7 Å². The second kappa shape index (κ2) is 9.79. The first-order valence-corrected chi connectivity index (χ1v) is 8.70. The second-order valence-electron chi connectivity index (χ2n) is 7.30. The third kappa shape index (κ3) is 9.05. The summed E-state index contributed by atoms with van der Waals surface area (Å²) in [6, 6.07) is 7.28. The van der Waals surface area contributed by atoms with E-state index < -0.39 is 11.7 Å². The number of amides is 3. The zero-order valence-electron chi connectivity index (χ0n) is 16.1. The van der Waals surface area contributed by atoms with Gasteiger partial charge in [0, 0.05) is 31.1 Å². The van der Waals surface area contributed by atoms with Crippen LogP contribution in [-0.2, 0) is 20.9 Å². The summed E-state index contributed by atoms with van der Waals surface area (Å²) in [7, 11) is 0. The molecule has 0 fully saturated rings. The molecule has 0 saturated heterocycles. The zero-order valence-corrected chi connectivity index (χ0v) is 16.1. The van der Waals surface area contributed by atoms with E-state index >= 15 is 0 Å². The van der Waals surface area contributed by atoms with E-state index in [4.69, 9.17) is 4.74 Å². The Bertz CT molecular complexity index is 619. The molecule has 7 heteroatoms. The van der Waals surface area contributed by atoms with Crippen LogP contribution in [0.4, 0.5) is 10.5 Å². The van der Waals surface area contributed by atoms with Crippen LogP contribution in [0.5, 0.6) is 0 Å². The summed E-state index contributed by atoms with van der Waals surface area (Å²) in [5, 5.41) is 8.13. The molecule has 7 nitrogen and oxygen atoms in total. The lowest BCUT2D eigenvalue weighted by Crippen LogP contribution is -2.35. The molecule has 0 spiro atoms. The zero-order chi connectivity index (χ0) is 19.7. The molecule has 0 atom stereocenters. The van der Waals surface area contributed by atoms with Crippen LogP contribution in [0.3, 0.4) is 0 Å². The van der Waals surface area contributed by atoms with E-state index in [1.54, 1.807) is 32.9 Å². The highest BCUT2D eigenvalue weighted by molar-refractivity contribution is 5.92. The molecule has 26 heavy (non-hydrogen) atoms. The number of carbonyl (C=O) groups excluding carboxylic acids is 3. The molecular formula is C19H29N3O4. The number of hydrogen-bond acceptors (Lipinski definition) is 4. The van der Waals surface area contributed by atoms with E-state index in [2.05, 4.69) is 16.0 Å². The number of nitrogens with one attached hydrogen (secondary N) is 3. The topological polar surface area (TPSA) is 96.5 Å². The van der Waals surface area contributed by atoms with Crippen molar-refractivity contribution in [2.75, 3.05) is 11.9 Å². The number of anilines is 1. The molecule has 3 N–H and O–H groups in total. The van der Waals surface area contributed by atoms with E-state index in [1.165, 1.54) is 0 Å². The fourth-order valence-electron chi connectivity index (χ4n) is 1.87. The minimum atomic E-state index is -0.562. The largest absolute Gasteiger partial charge is 0.444 e. The van der Waals surface area contributed by atoms with Crippen molar-refractivity contribution in [3.63, 3.8) is 0 Å². The molecule has 0 aromatic heterocycles. The summed E-state index contributed by atoms with van der Waals surface area (Å²) in [6.07, 6.45) is -0.369. The molecule has 144 valence electrons. The van der Waals surface area contributed by atoms with Gasteiger partial charge in [0.1, 0.15) is 5.60 Å². The fraction of sp³-hybridized carbons (Fsp3) is 0.526. The van der Waals surface area contributed by atoms with Gasteiger partial charge in [-0.2, -0.15) is 0 Å². The van der Waals surface area contributed by atoms with Crippen molar-refractivity contribution in [2.24, 2.45) is 5.92 Å². The molecule has 0 aliphatic carbocycles. The van der Waals surface area contributed by atoms with Crippen LogP contribution in [0.2, 0.25) is 0 Å². The predicted molar refractivity (Wildman–Crippen MR) is 101 cm³/mol. The molecule has 0 aliphatic rings. The lowest BCUT2D eigenvalue weighted by molar-refractivity contribution is -0.121. The van der Waals surface area contributed by atoms with Crippen LogP contribution >= 0.6 is 0 Å². The standard InChI is InChI=1S/C19H29N3O4/c1-13(2)17(24)22-15-8-6-14(7-9-15)12-21-16(23)10-11-20-18(25)26-19(3,4)5/h6-9,13H,10-12H2,1-5H3,(H,20,25)(H,21,23)(H,22,24). The SMILES string of the molecule is CC(C)C(=O)Nc1ccc(CNC(=O)CCNC(=O)OC(C)(C)C)cc1. The van der Waals surface area contributed by atoms with Gasteiger partial charge in [-0.1, -0.05) is 26.0 Å². The first-order chi connectivity index (χ1) is 12.1. The van der Waals surface area contributed by atoms with Crippen molar-refractivity contribution in [1.29, 1.82) is 0 Å². The minimum Gasteiger partial charge on any atom is -0.444 e. The summed E-state index contributed by atoms with van der Waals surface area (Å²) < 4.78 is 5.09. The second-order valence-corrected chi connectivity index (χ2v) is 7.30. The molecule has 0 bridgehead atoms. The van der Waals surface area contributed by atoms with Crippen LogP contribution in [0.1, 0.15) is 46.6 Å². The van der Waals surface area contributed by atoms with E-state index in [0.717, 1.165) is 11.3 Å². The third-order valence-corrected chi connectivity index (χ3v) is 3.26. The summed E-state index contributed by atoms with van der Waals surface area (Å²) in [5.74, 6) is -0.287. The van der Waals surface area contributed by atoms with Crippen LogP contribution in [0, 0.1) is 5.92 Å². The average Bonchev–Trinajstić information content (AvgIpc) is 2.52. The lowest BCUT2D eigenvalue weighted by Gasteiger charge is -2.19. The monoisotopic (exact) mass is 363 g/mol. The van der Waals surface area contributed by atoms with Crippen LogP contribution in [0.15, 0.2) is 24.3 Å². The Balaban J connectivity index is 2.30. The summed E-state index contributed by atoms with van der Waals surface area (Å²) in [6.45, 7) is 9.58. The third-order valence-electron chi connectivity index (χ3n) is 3.26. The first-order valence-electron chi connectivity index (χ1n) is 8.70. The summed E-state index contributed by atoms with van der Waals surface area (Å²) >= 11 is 0. The van der Waals surface area contributed by atoms with E-state index in [9.17, 15) is 14.4 Å². The maximum Gasteiger partial charge on any atom is 0.407 e. The van der Waals surface area contributed by atoms with Crippen molar-refractivity contribution in [2.45, 2.75) is 53.2 Å². The number of benzene rings is 1. The Labute approximate surface area is 154 Å². The molecule has 0 unspecified atom stereocenters. The van der Waals surface area contributed by atoms with Gasteiger partial charge in [-0.3, -0.25) is 9.59 Å². The van der Waals surface area contributed by atoms with Gasteiger partial charge in [-0.15, -0.1) is 0 Å². The quantitative estimate of drug-likeness (QED) is 0.694. The predicted octanol–water partition coefficient (Wildman–Crippen LogP) is 2.81. The maximum absolute atomic E-state index is 11.8. The van der Waals surface area contributed by atoms with Crippen molar-refractivity contribution < 1.29 is 19.1 Å². The van der Waals surface area contributed by atoms with Gasteiger partial charge >= 0.3 is 6.09 Å². The molecule has 0 radical (unpaired) electrons. The van der Waals surface area contributed by atoms with Crippen molar-refractivity contribution in [3.05, 3.63) is 29.8 Å². The molecule has 0 heterocycles. The molecular weight excluding hydrogens is 334 g/mol. The first kappa shape index (κ1) is 21.5. The van der Waals surface area contributed by atoms with E-state index in [0.29, 0.717) is 6.54 Å². The Morgan fingerprint density at radius 3 is 2.19 bits per heavy atom. The summed E-state index contributed by atoms with van der Waals surface area (Å²) in [4.78, 5) is 34.9. The Morgan fingerprint density at radius 1 is 1.04 bits per heavy atom. The molecule has 1 rings (SSSR count). The van der Waals surface area contributed by atoms with Gasteiger partial charge in [-0.05, 0) is 38.5 Å². The molecule has 1 aromatic carbocycles. The van der Waals surface area contributed by atoms with Gasteiger partial charge in [0.25, 0.3) is 0 Å². The molecule has 3 amide bonds. The van der Waals surface area contributed by atoms with E-state index in [1.807, 2.05) is 26.0 Å². The molecule has 0 saturated carbocycles. The Morgan fingerprint density at radius 2 is 1.65 bits per heavy atom. The number of alkyl carbamates (subject to hydrolysis) is 1. The van der Waals surface area contributed by atoms with Crippen LogP contribution < -0.4 is 16.0 Å². The highest BCUT2D eigenvalue weighted by atomic mass is 16.6. The van der Waals surface area contributed by atoms with Gasteiger partial charge in [0.2, 0.25) is 11.8 Å². The summed E-state index contributed by atoms with van der Waals surface area (Å²) in [5.41, 5.74) is 1.08. The van der Waals surface area contributed by atoms with Gasteiger partial charge in [-0.25, -0.2) is 4.79 Å². The normalized spacial score (nSPS) is 11.0. The highest BCUT2D eigenvalue weighted by Crippen LogP contribution is 2.11. The maximum atomic E-state index is 11.8. The molecule has 0 aliphatic heterocycles. The fourth-order valence-corrected chi connectivity index (χ4v) is 1.87. The van der Waals surface area contributed by atoms with Crippen LogP contribution in [0.25, 0.3) is 0 Å². The average molecular weight is 363 g/mol. The Hall–Kier alpha value is -2.57. The van der Waals surface area contributed by atoms with Crippen molar-refractivity contribution >= 4 is 23.6 Å². The van der Waals surface area contributed by atoms with Gasteiger partial charge in [0.05, 0.1) is 0 Å². The smallest absolute Gasteiger partial charge is 0.407 e. The number of ether oxygens (including phenoxy) is 1. The van der Waals surface area contributed by atoms with E-state index in [-0.39, 0.29) is 30.7 Å². The van der Waals surface area contributed by atoms with Crippen molar-refractivity contribution in [3.8, 4) is 0 Å². The van der Waals surface area contributed by atoms with Crippen LogP contribution in [-0.4, -0.2) is 30.1 Å².